The van der Waals surface area contributed by atoms with Crippen molar-refractivity contribution in [3.8, 4) is 0 Å². The zero-order chi connectivity index (χ0) is 13.0. The average Bonchev–Trinajstić information content (AvgIpc) is 2.38. The molecule has 0 aromatic heterocycles. The Bertz CT molecular complexity index is 455. The first-order valence-electron chi connectivity index (χ1n) is 5.69. The number of carbonyl (C=O) groups excluding carboxylic acids is 2. The van der Waals surface area contributed by atoms with Gasteiger partial charge in [0.1, 0.15) is 0 Å². The number of carbonyl (C=O) groups is 2. The van der Waals surface area contributed by atoms with Crippen LogP contribution in [0.1, 0.15) is 33.6 Å². The van der Waals surface area contributed by atoms with E-state index in [0.29, 0.717) is 0 Å². The standard InChI is InChI=1S/C15H18O2/c1-10(2)5-6-12-7-8-14(16)15(17)9-13(12)11(3)4/h5,7,9H,3,6,8H2,1-2,4H3. The predicted octanol–water partition coefficient (Wildman–Crippen LogP) is 3.31. The molecule has 1 rings (SSSR count). The van der Waals surface area contributed by atoms with E-state index >= 15 is 0 Å². The minimum atomic E-state index is -0.425. The number of hydrogen-bond donors (Lipinski definition) is 0. The van der Waals surface area contributed by atoms with Gasteiger partial charge < -0.3 is 0 Å². The summed E-state index contributed by atoms with van der Waals surface area (Å²) in [5.41, 5.74) is 3.85. The second kappa shape index (κ2) is 5.58. The lowest BCUT2D eigenvalue weighted by Crippen LogP contribution is -2.08. The van der Waals surface area contributed by atoms with Crippen molar-refractivity contribution < 1.29 is 9.59 Å². The van der Waals surface area contributed by atoms with Crippen molar-refractivity contribution in [1.29, 1.82) is 0 Å². The second-order valence-electron chi connectivity index (χ2n) is 4.54. The molecular weight excluding hydrogens is 212 g/mol. The van der Waals surface area contributed by atoms with Crippen LogP contribution in [-0.2, 0) is 9.59 Å². The zero-order valence-electron chi connectivity index (χ0n) is 10.7. The maximum absolute atomic E-state index is 11.5. The highest BCUT2D eigenvalue weighted by Crippen LogP contribution is 2.25. The minimum absolute atomic E-state index is 0.193. The van der Waals surface area contributed by atoms with Crippen molar-refractivity contribution in [2.75, 3.05) is 0 Å². The molecule has 0 aromatic carbocycles. The van der Waals surface area contributed by atoms with Gasteiger partial charge in [-0.2, -0.15) is 0 Å². The second-order valence-corrected chi connectivity index (χ2v) is 4.54. The normalized spacial score (nSPS) is 15.9. The fourth-order valence-electron chi connectivity index (χ4n) is 1.64. The third-order valence-electron chi connectivity index (χ3n) is 2.62. The number of hydrogen-bond acceptors (Lipinski definition) is 2. The molecule has 0 radical (unpaired) electrons. The topological polar surface area (TPSA) is 34.1 Å². The summed E-state index contributed by atoms with van der Waals surface area (Å²) in [5, 5.41) is 0. The lowest BCUT2D eigenvalue weighted by atomic mass is 9.96. The Balaban J connectivity index is 3.10. The predicted molar refractivity (Wildman–Crippen MR) is 69.7 cm³/mol. The van der Waals surface area contributed by atoms with Gasteiger partial charge >= 0.3 is 0 Å². The van der Waals surface area contributed by atoms with Crippen molar-refractivity contribution in [1.82, 2.24) is 0 Å². The fourth-order valence-corrected chi connectivity index (χ4v) is 1.64. The molecule has 0 unspecified atom stereocenters. The third-order valence-corrected chi connectivity index (χ3v) is 2.62. The first-order valence-corrected chi connectivity index (χ1v) is 5.69. The number of ketones is 2. The van der Waals surface area contributed by atoms with Crippen LogP contribution in [-0.4, -0.2) is 11.6 Å². The van der Waals surface area contributed by atoms with Gasteiger partial charge in [0.25, 0.3) is 0 Å². The highest BCUT2D eigenvalue weighted by atomic mass is 16.2. The molecular formula is C15H18O2. The van der Waals surface area contributed by atoms with Gasteiger partial charge in [0.05, 0.1) is 0 Å². The summed E-state index contributed by atoms with van der Waals surface area (Å²) < 4.78 is 0. The molecule has 0 heterocycles. The van der Waals surface area contributed by atoms with Crippen LogP contribution in [0.3, 0.4) is 0 Å². The molecule has 1 aliphatic rings. The first kappa shape index (κ1) is 13.4. The molecule has 0 aliphatic heterocycles. The van der Waals surface area contributed by atoms with Crippen molar-refractivity contribution in [2.24, 2.45) is 0 Å². The summed E-state index contributed by atoms with van der Waals surface area (Å²) in [6.07, 6.45) is 6.28. The summed E-state index contributed by atoms with van der Waals surface area (Å²) in [6.45, 7) is 9.77. The molecule has 1 aliphatic carbocycles. The van der Waals surface area contributed by atoms with E-state index in [-0.39, 0.29) is 12.2 Å². The summed E-state index contributed by atoms with van der Waals surface area (Å²) in [5.74, 6) is -0.776. The summed E-state index contributed by atoms with van der Waals surface area (Å²) in [6, 6.07) is 0. The molecule has 2 heteroatoms. The minimum Gasteiger partial charge on any atom is -0.290 e. The average molecular weight is 230 g/mol. The third kappa shape index (κ3) is 3.66. The van der Waals surface area contributed by atoms with E-state index in [1.54, 1.807) is 0 Å². The lowest BCUT2D eigenvalue weighted by Gasteiger charge is -2.08. The van der Waals surface area contributed by atoms with Gasteiger partial charge in [-0.15, -0.1) is 0 Å². The van der Waals surface area contributed by atoms with Crippen LogP contribution in [0.25, 0.3) is 0 Å². The highest BCUT2D eigenvalue weighted by Gasteiger charge is 2.17. The van der Waals surface area contributed by atoms with Crippen LogP contribution in [0.4, 0.5) is 0 Å². The van der Waals surface area contributed by atoms with Gasteiger partial charge in [0, 0.05) is 6.42 Å². The molecule has 0 N–H and O–H groups in total. The molecule has 0 saturated heterocycles. The van der Waals surface area contributed by atoms with Gasteiger partial charge in [-0.1, -0.05) is 29.9 Å². The number of rotatable bonds is 3. The van der Waals surface area contributed by atoms with E-state index in [9.17, 15) is 9.59 Å². The molecule has 2 nitrogen and oxygen atoms in total. The Hall–Kier alpha value is -1.70. The largest absolute Gasteiger partial charge is 0.290 e. The highest BCUT2D eigenvalue weighted by molar-refractivity contribution is 6.42. The maximum Gasteiger partial charge on any atom is 0.222 e. The number of allylic oxidation sites excluding steroid dienone is 7. The zero-order valence-corrected chi connectivity index (χ0v) is 10.7. The van der Waals surface area contributed by atoms with Gasteiger partial charge in [-0.25, -0.2) is 0 Å². The van der Waals surface area contributed by atoms with Crippen LogP contribution in [0, 0.1) is 0 Å². The monoisotopic (exact) mass is 230 g/mol. The first-order chi connectivity index (χ1) is 7.91. The molecule has 0 atom stereocenters. The molecule has 0 fully saturated rings. The summed E-state index contributed by atoms with van der Waals surface area (Å²) in [4.78, 5) is 22.9. The van der Waals surface area contributed by atoms with Gasteiger partial charge in [0.2, 0.25) is 11.6 Å². The molecule has 90 valence electrons. The fraction of sp³-hybridized carbons (Fsp3) is 0.333. The maximum atomic E-state index is 11.5. The van der Waals surface area contributed by atoms with Crippen LogP contribution < -0.4 is 0 Å². The molecule has 0 bridgehead atoms. The van der Waals surface area contributed by atoms with E-state index in [0.717, 1.165) is 23.1 Å². The molecule has 0 aromatic rings. The van der Waals surface area contributed by atoms with Crippen LogP contribution in [0.5, 0.6) is 0 Å². The Morgan fingerprint density at radius 2 is 2.00 bits per heavy atom. The quantitative estimate of drug-likeness (QED) is 0.550. The van der Waals surface area contributed by atoms with Crippen molar-refractivity contribution in [2.45, 2.75) is 33.6 Å². The Kier molecular flexibility index (Phi) is 4.38. The van der Waals surface area contributed by atoms with Gasteiger partial charge in [0.15, 0.2) is 0 Å². The van der Waals surface area contributed by atoms with Gasteiger partial charge in [-0.3, -0.25) is 9.59 Å². The Labute approximate surface area is 102 Å². The van der Waals surface area contributed by atoms with Crippen LogP contribution in [0.15, 0.2) is 47.1 Å². The van der Waals surface area contributed by atoms with Gasteiger partial charge in [-0.05, 0) is 44.4 Å². The summed E-state index contributed by atoms with van der Waals surface area (Å²) in [7, 11) is 0. The SMILES string of the molecule is C=C(C)C1=CC(=O)C(=O)CC=C1CC=C(C)C. The molecule has 0 amide bonds. The smallest absolute Gasteiger partial charge is 0.222 e. The van der Waals surface area contributed by atoms with Crippen molar-refractivity contribution in [3.63, 3.8) is 0 Å². The molecule has 0 spiro atoms. The molecule has 17 heavy (non-hydrogen) atoms. The van der Waals surface area contributed by atoms with Crippen LogP contribution >= 0.6 is 0 Å². The summed E-state index contributed by atoms with van der Waals surface area (Å²) >= 11 is 0. The van der Waals surface area contributed by atoms with E-state index in [1.807, 2.05) is 26.8 Å². The van der Waals surface area contributed by atoms with Crippen molar-refractivity contribution >= 4 is 11.6 Å². The van der Waals surface area contributed by atoms with E-state index < -0.39 is 5.78 Å². The molecule has 0 saturated carbocycles. The van der Waals surface area contributed by atoms with E-state index in [2.05, 4.69) is 12.7 Å². The lowest BCUT2D eigenvalue weighted by molar-refractivity contribution is -0.133. The van der Waals surface area contributed by atoms with E-state index in [1.165, 1.54) is 11.6 Å². The Morgan fingerprint density at radius 1 is 1.35 bits per heavy atom. The van der Waals surface area contributed by atoms with Crippen LogP contribution in [0.2, 0.25) is 0 Å². The van der Waals surface area contributed by atoms with Crippen molar-refractivity contribution in [3.05, 3.63) is 47.1 Å². The Morgan fingerprint density at radius 3 is 2.53 bits per heavy atom. The van der Waals surface area contributed by atoms with E-state index in [4.69, 9.17) is 0 Å². The number of Topliss-reactive ketones (excluding diaryl/α,β-unsaturated/α-hetero) is 1.